The summed E-state index contributed by atoms with van der Waals surface area (Å²) in [6.45, 7) is 6.44. The molecular weight excluding hydrogens is 997 g/mol. The van der Waals surface area contributed by atoms with Crippen molar-refractivity contribution >= 4 is 17.9 Å². The Balaban J connectivity index is 4.33. The molecule has 0 saturated heterocycles. The summed E-state index contributed by atoms with van der Waals surface area (Å²) in [4.78, 5) is 38.5. The number of allylic oxidation sites excluding steroid dienone is 16. The Labute approximate surface area is 502 Å². The van der Waals surface area contributed by atoms with Gasteiger partial charge in [-0.15, -0.1) is 0 Å². The van der Waals surface area contributed by atoms with Crippen LogP contribution in [-0.2, 0) is 28.6 Å². The molecule has 0 aromatic heterocycles. The standard InChI is InChI=1S/C75H130O6/c1-4-7-10-13-16-19-22-25-28-31-33-34-35-36-37-38-39-40-42-44-47-50-53-56-59-62-65-68-74(77)80-71-72(70-79-73(76)67-64-61-58-55-52-49-46-43-30-27-24-21-18-15-12-9-6-3)81-75(78)69-66-63-60-57-54-51-48-45-41-32-29-26-23-20-17-14-11-8-5-2/h7,9-10,12,16,18-19,21,25,27-28,30,33-34,46,49,72H,4-6,8,11,13-15,17,20,22-24,26,29,31-32,35-45,47-48,50-71H2,1-3H3/b10-7-,12-9-,19-16-,21-18-,28-25-,30-27-,34-33-,49-46-. The smallest absolute Gasteiger partial charge is 0.306 e. The molecule has 1 atom stereocenters. The molecule has 6 nitrogen and oxygen atoms in total. The Bertz CT molecular complexity index is 1580. The molecule has 0 N–H and O–H groups in total. The minimum absolute atomic E-state index is 0.0823. The Morgan fingerprint density at radius 1 is 0.259 bits per heavy atom. The summed E-state index contributed by atoms with van der Waals surface area (Å²) in [7, 11) is 0. The van der Waals surface area contributed by atoms with Crippen LogP contribution in [0.3, 0.4) is 0 Å². The zero-order valence-electron chi connectivity index (χ0n) is 53.5. The topological polar surface area (TPSA) is 78.9 Å². The number of ether oxygens (including phenoxy) is 3. The fraction of sp³-hybridized carbons (Fsp3) is 0.747. The minimum Gasteiger partial charge on any atom is -0.462 e. The number of hydrogen-bond acceptors (Lipinski definition) is 6. The van der Waals surface area contributed by atoms with Crippen molar-refractivity contribution in [1.82, 2.24) is 0 Å². The Hall–Kier alpha value is -3.67. The van der Waals surface area contributed by atoms with Gasteiger partial charge in [-0.05, 0) is 96.3 Å². The highest BCUT2D eigenvalue weighted by atomic mass is 16.6. The van der Waals surface area contributed by atoms with E-state index in [0.29, 0.717) is 19.3 Å². The fourth-order valence-electron chi connectivity index (χ4n) is 9.96. The lowest BCUT2D eigenvalue weighted by Crippen LogP contribution is -2.30. The molecule has 0 aromatic rings. The molecule has 466 valence electrons. The van der Waals surface area contributed by atoms with E-state index in [1.54, 1.807) is 0 Å². The first-order valence-electron chi connectivity index (χ1n) is 34.7. The van der Waals surface area contributed by atoms with Crippen molar-refractivity contribution in [2.45, 2.75) is 348 Å². The third kappa shape index (κ3) is 67.0. The third-order valence-electron chi connectivity index (χ3n) is 15.1. The second-order valence-electron chi connectivity index (χ2n) is 23.0. The van der Waals surface area contributed by atoms with Crippen LogP contribution in [-0.4, -0.2) is 37.2 Å². The lowest BCUT2D eigenvalue weighted by molar-refractivity contribution is -0.167. The van der Waals surface area contributed by atoms with Crippen molar-refractivity contribution in [2.75, 3.05) is 13.2 Å². The molecule has 0 rings (SSSR count). The maximum absolute atomic E-state index is 13.0. The van der Waals surface area contributed by atoms with Crippen LogP contribution in [0.1, 0.15) is 342 Å². The predicted molar refractivity (Wildman–Crippen MR) is 353 cm³/mol. The molecule has 6 heteroatoms. The first-order chi connectivity index (χ1) is 40.0. The zero-order valence-corrected chi connectivity index (χ0v) is 53.5. The molecule has 0 aliphatic rings. The maximum Gasteiger partial charge on any atom is 0.306 e. The molecule has 0 radical (unpaired) electrons. The van der Waals surface area contributed by atoms with Gasteiger partial charge in [-0.25, -0.2) is 0 Å². The highest BCUT2D eigenvalue weighted by molar-refractivity contribution is 5.71. The van der Waals surface area contributed by atoms with Crippen LogP contribution in [0.4, 0.5) is 0 Å². The van der Waals surface area contributed by atoms with Crippen LogP contribution < -0.4 is 0 Å². The van der Waals surface area contributed by atoms with Gasteiger partial charge in [-0.1, -0.05) is 323 Å². The molecule has 0 aromatic carbocycles. The van der Waals surface area contributed by atoms with Gasteiger partial charge in [0.05, 0.1) is 0 Å². The lowest BCUT2D eigenvalue weighted by atomic mass is 10.0. The van der Waals surface area contributed by atoms with Crippen molar-refractivity contribution < 1.29 is 28.6 Å². The van der Waals surface area contributed by atoms with Gasteiger partial charge in [0.1, 0.15) is 13.2 Å². The summed E-state index contributed by atoms with van der Waals surface area (Å²) in [6, 6.07) is 0. The van der Waals surface area contributed by atoms with E-state index >= 15 is 0 Å². The summed E-state index contributed by atoms with van der Waals surface area (Å²) in [5.41, 5.74) is 0. The zero-order chi connectivity index (χ0) is 58.5. The van der Waals surface area contributed by atoms with Gasteiger partial charge in [-0.3, -0.25) is 14.4 Å². The van der Waals surface area contributed by atoms with Crippen molar-refractivity contribution in [2.24, 2.45) is 0 Å². The second kappa shape index (κ2) is 68.8. The number of carbonyl (C=O) groups excluding carboxylic acids is 3. The minimum atomic E-state index is -0.788. The average Bonchev–Trinajstić information content (AvgIpc) is 3.47. The molecule has 0 saturated carbocycles. The largest absolute Gasteiger partial charge is 0.462 e. The maximum atomic E-state index is 13.0. The van der Waals surface area contributed by atoms with Gasteiger partial charge in [0.15, 0.2) is 6.10 Å². The van der Waals surface area contributed by atoms with E-state index < -0.39 is 6.10 Å². The van der Waals surface area contributed by atoms with Crippen molar-refractivity contribution in [1.29, 1.82) is 0 Å². The molecule has 0 aliphatic carbocycles. The van der Waals surface area contributed by atoms with Gasteiger partial charge < -0.3 is 14.2 Å². The molecule has 0 bridgehead atoms. The van der Waals surface area contributed by atoms with Crippen LogP contribution in [0.25, 0.3) is 0 Å². The molecule has 0 amide bonds. The van der Waals surface area contributed by atoms with Crippen molar-refractivity contribution in [3.05, 3.63) is 97.2 Å². The van der Waals surface area contributed by atoms with E-state index in [-0.39, 0.29) is 31.1 Å². The van der Waals surface area contributed by atoms with Crippen molar-refractivity contribution in [3.8, 4) is 0 Å². The summed E-state index contributed by atoms with van der Waals surface area (Å²) in [6.07, 6.45) is 92.8. The first kappa shape index (κ1) is 77.3. The van der Waals surface area contributed by atoms with E-state index in [4.69, 9.17) is 14.2 Å². The van der Waals surface area contributed by atoms with Crippen LogP contribution in [0.15, 0.2) is 97.2 Å². The van der Waals surface area contributed by atoms with E-state index in [0.717, 1.165) is 122 Å². The van der Waals surface area contributed by atoms with Crippen LogP contribution in [0.2, 0.25) is 0 Å². The molecule has 0 spiro atoms. The number of hydrogen-bond donors (Lipinski definition) is 0. The summed E-state index contributed by atoms with van der Waals surface area (Å²) >= 11 is 0. The van der Waals surface area contributed by atoms with E-state index in [1.807, 2.05) is 0 Å². The number of rotatable bonds is 63. The number of unbranched alkanes of at least 4 members (excludes halogenated alkanes) is 36. The summed E-state index contributed by atoms with van der Waals surface area (Å²) in [5.74, 6) is -0.889. The molecular formula is C75H130O6. The van der Waals surface area contributed by atoms with E-state index in [2.05, 4.69) is 118 Å². The number of esters is 3. The molecule has 1 unspecified atom stereocenters. The van der Waals surface area contributed by atoms with E-state index in [1.165, 1.54) is 180 Å². The highest BCUT2D eigenvalue weighted by Gasteiger charge is 2.19. The molecule has 0 fully saturated rings. The van der Waals surface area contributed by atoms with Crippen LogP contribution in [0.5, 0.6) is 0 Å². The average molecular weight is 1130 g/mol. The van der Waals surface area contributed by atoms with Gasteiger partial charge >= 0.3 is 17.9 Å². The van der Waals surface area contributed by atoms with Crippen LogP contribution in [0, 0.1) is 0 Å². The number of carbonyl (C=O) groups is 3. The molecule has 81 heavy (non-hydrogen) atoms. The second-order valence-corrected chi connectivity index (χ2v) is 23.0. The van der Waals surface area contributed by atoms with Gasteiger partial charge in [-0.2, -0.15) is 0 Å². The monoisotopic (exact) mass is 1130 g/mol. The third-order valence-corrected chi connectivity index (χ3v) is 15.1. The quantitative estimate of drug-likeness (QED) is 0.0261. The molecule has 0 heterocycles. The normalized spacial score (nSPS) is 12.7. The first-order valence-corrected chi connectivity index (χ1v) is 34.7. The predicted octanol–water partition coefficient (Wildman–Crippen LogP) is 24.0. The fourth-order valence-corrected chi connectivity index (χ4v) is 9.96. The van der Waals surface area contributed by atoms with Gasteiger partial charge in [0.25, 0.3) is 0 Å². The van der Waals surface area contributed by atoms with Gasteiger partial charge in [0, 0.05) is 19.3 Å². The summed E-state index contributed by atoms with van der Waals surface area (Å²) < 4.78 is 17.0. The Morgan fingerprint density at radius 3 is 0.753 bits per heavy atom. The summed E-state index contributed by atoms with van der Waals surface area (Å²) in [5, 5.41) is 0. The Kier molecular flexibility index (Phi) is 65.7. The SMILES string of the molecule is CC/C=C\C/C=C\C/C=C\C/C=C\CCCCCCCCCCCCCCCCC(=O)OCC(COC(=O)CCCCCC/C=C\C/C=C\C/C=C\C/C=C\CC)OC(=O)CCCCCCCCCCCCCCCCCCCCC. The van der Waals surface area contributed by atoms with Crippen LogP contribution >= 0.6 is 0 Å². The Morgan fingerprint density at radius 2 is 0.481 bits per heavy atom. The van der Waals surface area contributed by atoms with Crippen molar-refractivity contribution in [3.63, 3.8) is 0 Å². The molecule has 0 aliphatic heterocycles. The highest BCUT2D eigenvalue weighted by Crippen LogP contribution is 2.18. The lowest BCUT2D eigenvalue weighted by Gasteiger charge is -2.18. The van der Waals surface area contributed by atoms with Gasteiger partial charge in [0.2, 0.25) is 0 Å². The van der Waals surface area contributed by atoms with E-state index in [9.17, 15) is 14.4 Å².